The van der Waals surface area contributed by atoms with Crippen LogP contribution < -0.4 is 16.1 Å². The van der Waals surface area contributed by atoms with Crippen LogP contribution in [0.3, 0.4) is 0 Å². The Labute approximate surface area is 174 Å². The maximum absolute atomic E-state index is 13.3. The topological polar surface area (TPSA) is 82.7 Å². The summed E-state index contributed by atoms with van der Waals surface area (Å²) >= 11 is 0. The largest absolute Gasteiger partial charge is 0.352 e. The van der Waals surface area contributed by atoms with E-state index in [0.29, 0.717) is 42.2 Å². The van der Waals surface area contributed by atoms with Gasteiger partial charge < -0.3 is 15.5 Å². The highest BCUT2D eigenvalue weighted by Gasteiger charge is 2.47. The van der Waals surface area contributed by atoms with Gasteiger partial charge in [-0.3, -0.25) is 14.4 Å². The molecule has 0 spiro atoms. The SMILES string of the molecule is CC1CC2C(CN1)CC(C1CC(NC(=O)C3CC(C)ON3)CCC1C)C(=O)N2C. The van der Waals surface area contributed by atoms with E-state index in [4.69, 9.17) is 4.84 Å². The average Bonchev–Trinajstić information content (AvgIpc) is 3.13. The molecule has 9 unspecified atom stereocenters. The normalized spacial score (nSPS) is 45.7. The average molecular weight is 407 g/mol. The molecule has 9 atom stereocenters. The monoisotopic (exact) mass is 406 g/mol. The third-order valence-electron chi connectivity index (χ3n) is 8.00. The van der Waals surface area contributed by atoms with Gasteiger partial charge in [-0.15, -0.1) is 0 Å². The van der Waals surface area contributed by atoms with E-state index in [-0.39, 0.29) is 30.0 Å². The number of hydrogen-bond acceptors (Lipinski definition) is 5. The number of nitrogens with one attached hydrogen (secondary N) is 3. The quantitative estimate of drug-likeness (QED) is 0.661. The maximum Gasteiger partial charge on any atom is 0.239 e. The Hall–Kier alpha value is -1.18. The molecule has 4 fully saturated rings. The van der Waals surface area contributed by atoms with Crippen molar-refractivity contribution in [1.29, 1.82) is 0 Å². The zero-order chi connectivity index (χ0) is 20.7. The molecule has 1 aliphatic carbocycles. The number of hydroxylamine groups is 1. The molecule has 3 saturated heterocycles. The number of amides is 2. The summed E-state index contributed by atoms with van der Waals surface area (Å²) in [4.78, 5) is 33.3. The summed E-state index contributed by atoms with van der Waals surface area (Å²) in [7, 11) is 2.00. The van der Waals surface area contributed by atoms with Gasteiger partial charge in [0.25, 0.3) is 0 Å². The highest BCUT2D eigenvalue weighted by Crippen LogP contribution is 2.43. The van der Waals surface area contributed by atoms with Crippen molar-refractivity contribution in [2.24, 2.45) is 23.7 Å². The molecule has 0 aromatic carbocycles. The van der Waals surface area contributed by atoms with E-state index in [1.54, 1.807) is 0 Å². The summed E-state index contributed by atoms with van der Waals surface area (Å²) in [5.41, 5.74) is 2.85. The zero-order valence-electron chi connectivity index (χ0n) is 18.3. The molecule has 7 nitrogen and oxygen atoms in total. The minimum atomic E-state index is -0.263. The lowest BCUT2D eigenvalue weighted by Gasteiger charge is -2.50. The fraction of sp³-hybridized carbons (Fsp3) is 0.909. The summed E-state index contributed by atoms with van der Waals surface area (Å²) in [6, 6.07) is 0.745. The molecule has 3 aliphatic heterocycles. The van der Waals surface area contributed by atoms with Crippen LogP contribution in [0.1, 0.15) is 59.3 Å². The zero-order valence-corrected chi connectivity index (χ0v) is 18.3. The first-order valence-corrected chi connectivity index (χ1v) is 11.5. The Morgan fingerprint density at radius 3 is 2.66 bits per heavy atom. The lowest BCUT2D eigenvalue weighted by atomic mass is 9.65. The lowest BCUT2D eigenvalue weighted by Crippen LogP contribution is -2.60. The third-order valence-corrected chi connectivity index (χ3v) is 8.00. The number of carbonyl (C=O) groups excluding carboxylic acids is 2. The molecule has 0 radical (unpaired) electrons. The van der Waals surface area contributed by atoms with Crippen LogP contribution in [0.2, 0.25) is 0 Å². The fourth-order valence-electron chi connectivity index (χ4n) is 6.19. The van der Waals surface area contributed by atoms with E-state index in [1.165, 1.54) is 0 Å². The van der Waals surface area contributed by atoms with Gasteiger partial charge in [-0.25, -0.2) is 0 Å². The smallest absolute Gasteiger partial charge is 0.239 e. The molecule has 0 aromatic heterocycles. The minimum absolute atomic E-state index is 0.0327. The van der Waals surface area contributed by atoms with Crippen molar-refractivity contribution in [1.82, 2.24) is 21.0 Å². The second kappa shape index (κ2) is 8.52. The number of carbonyl (C=O) groups is 2. The molecular formula is C22H38N4O3. The van der Waals surface area contributed by atoms with Gasteiger partial charge in [0.1, 0.15) is 6.04 Å². The number of rotatable bonds is 3. The number of piperidine rings is 2. The van der Waals surface area contributed by atoms with Gasteiger partial charge in [0.2, 0.25) is 11.8 Å². The Balaban J connectivity index is 1.40. The van der Waals surface area contributed by atoms with E-state index < -0.39 is 0 Å². The van der Waals surface area contributed by atoms with Gasteiger partial charge in [0.05, 0.1) is 6.10 Å². The van der Waals surface area contributed by atoms with Crippen LogP contribution in [-0.2, 0) is 14.4 Å². The molecule has 164 valence electrons. The first kappa shape index (κ1) is 21.1. The first-order valence-electron chi connectivity index (χ1n) is 11.5. The van der Waals surface area contributed by atoms with Gasteiger partial charge in [-0.05, 0) is 63.7 Å². The number of likely N-dealkylation sites (tertiary alicyclic amines) is 1. The van der Waals surface area contributed by atoms with Gasteiger partial charge >= 0.3 is 0 Å². The molecular weight excluding hydrogens is 368 g/mol. The second-order valence-electron chi connectivity index (χ2n) is 10.2. The fourth-order valence-corrected chi connectivity index (χ4v) is 6.19. The first-order chi connectivity index (χ1) is 13.8. The van der Waals surface area contributed by atoms with E-state index in [1.807, 2.05) is 18.9 Å². The molecule has 29 heavy (non-hydrogen) atoms. The van der Waals surface area contributed by atoms with Gasteiger partial charge in [-0.1, -0.05) is 6.92 Å². The molecule has 0 aromatic rings. The molecule has 0 bridgehead atoms. The van der Waals surface area contributed by atoms with Crippen LogP contribution in [0.15, 0.2) is 0 Å². The van der Waals surface area contributed by atoms with Crippen LogP contribution in [-0.4, -0.2) is 60.6 Å². The molecule has 4 aliphatic rings. The van der Waals surface area contributed by atoms with Crippen molar-refractivity contribution in [3.05, 3.63) is 0 Å². The van der Waals surface area contributed by atoms with Crippen LogP contribution in [0.5, 0.6) is 0 Å². The van der Waals surface area contributed by atoms with E-state index in [9.17, 15) is 9.59 Å². The summed E-state index contributed by atoms with van der Waals surface area (Å²) in [5.74, 6) is 1.84. The van der Waals surface area contributed by atoms with Crippen molar-refractivity contribution >= 4 is 11.8 Å². The van der Waals surface area contributed by atoms with E-state index in [0.717, 1.165) is 38.6 Å². The Bertz CT molecular complexity index is 629. The second-order valence-corrected chi connectivity index (χ2v) is 10.2. The van der Waals surface area contributed by atoms with Crippen LogP contribution >= 0.6 is 0 Å². The Morgan fingerprint density at radius 1 is 1.14 bits per heavy atom. The molecule has 1 saturated carbocycles. The summed E-state index contributed by atoms with van der Waals surface area (Å²) in [6.45, 7) is 7.48. The molecule has 2 amide bonds. The van der Waals surface area contributed by atoms with Crippen LogP contribution in [0.4, 0.5) is 0 Å². The van der Waals surface area contributed by atoms with Crippen molar-refractivity contribution in [2.75, 3.05) is 13.6 Å². The van der Waals surface area contributed by atoms with Gasteiger partial charge in [-0.2, -0.15) is 5.48 Å². The van der Waals surface area contributed by atoms with Crippen molar-refractivity contribution in [3.63, 3.8) is 0 Å². The molecule has 4 rings (SSSR count). The van der Waals surface area contributed by atoms with Gasteiger partial charge in [0, 0.05) is 44.1 Å². The van der Waals surface area contributed by atoms with Gasteiger partial charge in [0.15, 0.2) is 0 Å². The lowest BCUT2D eigenvalue weighted by molar-refractivity contribution is -0.148. The molecule has 3 N–H and O–H groups in total. The Morgan fingerprint density at radius 2 is 1.93 bits per heavy atom. The van der Waals surface area contributed by atoms with Crippen molar-refractivity contribution in [3.8, 4) is 0 Å². The summed E-state index contributed by atoms with van der Waals surface area (Å²) in [5, 5.41) is 6.85. The van der Waals surface area contributed by atoms with Crippen LogP contribution in [0, 0.1) is 23.7 Å². The predicted molar refractivity (Wildman–Crippen MR) is 111 cm³/mol. The van der Waals surface area contributed by atoms with Crippen molar-refractivity contribution < 1.29 is 14.4 Å². The number of nitrogens with zero attached hydrogens (tertiary/aromatic N) is 1. The molecule has 3 heterocycles. The minimum Gasteiger partial charge on any atom is -0.352 e. The Kier molecular flexibility index (Phi) is 6.19. The van der Waals surface area contributed by atoms with E-state index in [2.05, 4.69) is 30.0 Å². The number of hydrogen-bond donors (Lipinski definition) is 3. The maximum atomic E-state index is 13.3. The van der Waals surface area contributed by atoms with Crippen molar-refractivity contribution in [2.45, 2.75) is 89.6 Å². The third kappa shape index (κ3) is 4.32. The highest BCUT2D eigenvalue weighted by molar-refractivity contribution is 5.82. The predicted octanol–water partition coefficient (Wildman–Crippen LogP) is 1.43. The number of fused-ring (bicyclic) bond motifs is 1. The van der Waals surface area contributed by atoms with E-state index >= 15 is 0 Å². The standard InChI is InChI=1S/C22H38N4O3/c1-12-5-6-16(24-21(27)19-8-14(3)29-25-19)10-17(12)18-9-15-11-23-13(2)7-20(15)26(4)22(18)28/h12-20,23,25H,5-11H2,1-4H3,(H,24,27). The van der Waals surface area contributed by atoms with Crippen LogP contribution in [0.25, 0.3) is 0 Å². The molecule has 7 heteroatoms. The summed E-state index contributed by atoms with van der Waals surface area (Å²) in [6.07, 6.45) is 5.78. The highest BCUT2D eigenvalue weighted by atomic mass is 16.7. The summed E-state index contributed by atoms with van der Waals surface area (Å²) < 4.78 is 0.